The molecule has 2 N–H and O–H groups in total. The third kappa shape index (κ3) is 9.52. The number of guanidine groups is 1. The summed E-state index contributed by atoms with van der Waals surface area (Å²) >= 11 is 0. The molecule has 1 aromatic carbocycles. The van der Waals surface area contributed by atoms with Crippen LogP contribution in [0.2, 0.25) is 0 Å². The minimum Gasteiger partial charge on any atom is -0.378 e. The number of benzene rings is 1. The Kier molecular flexibility index (Phi) is 9.73. The van der Waals surface area contributed by atoms with E-state index in [-0.39, 0.29) is 12.4 Å². The van der Waals surface area contributed by atoms with Crippen molar-refractivity contribution in [3.8, 4) is 0 Å². The molecule has 8 heteroatoms. The SMILES string of the molecule is CCNC(=NCCOCCS(C)(=O)=O)NC1CCN(Cc2ccccc2)CC1. The number of rotatable bonds is 10. The van der Waals surface area contributed by atoms with E-state index in [1.165, 1.54) is 11.8 Å². The summed E-state index contributed by atoms with van der Waals surface area (Å²) in [5.41, 5.74) is 1.36. The number of nitrogens with zero attached hydrogens (tertiary/aromatic N) is 2. The van der Waals surface area contributed by atoms with Gasteiger partial charge in [0.25, 0.3) is 0 Å². The molecule has 0 unspecified atom stereocenters. The van der Waals surface area contributed by atoms with Gasteiger partial charge in [-0.05, 0) is 25.3 Å². The summed E-state index contributed by atoms with van der Waals surface area (Å²) < 4.78 is 27.5. The summed E-state index contributed by atoms with van der Waals surface area (Å²) in [6, 6.07) is 11.0. The van der Waals surface area contributed by atoms with Crippen LogP contribution in [0.25, 0.3) is 0 Å². The number of aliphatic imine (C=N–C) groups is 1. The maximum atomic E-state index is 11.1. The largest absolute Gasteiger partial charge is 0.378 e. The van der Waals surface area contributed by atoms with Crippen LogP contribution in [0.15, 0.2) is 35.3 Å². The monoisotopic (exact) mass is 410 g/mol. The summed E-state index contributed by atoms with van der Waals surface area (Å²) in [7, 11) is -2.97. The standard InChI is InChI=1S/C20H34N4O3S/c1-3-21-20(22-11-14-27-15-16-28(2,25)26)23-19-9-12-24(13-10-19)17-18-7-5-4-6-8-18/h4-8,19H,3,9-17H2,1-2H3,(H2,21,22,23). The van der Waals surface area contributed by atoms with E-state index in [0.29, 0.717) is 19.2 Å². The van der Waals surface area contributed by atoms with Gasteiger partial charge < -0.3 is 15.4 Å². The van der Waals surface area contributed by atoms with Crippen LogP contribution in [0.5, 0.6) is 0 Å². The minimum atomic E-state index is -2.97. The number of hydrogen-bond donors (Lipinski definition) is 2. The van der Waals surface area contributed by atoms with Crippen molar-refractivity contribution in [1.29, 1.82) is 0 Å². The Morgan fingerprint density at radius 3 is 2.57 bits per heavy atom. The molecule has 0 bridgehead atoms. The third-order valence-corrected chi connectivity index (χ3v) is 5.53. The zero-order valence-corrected chi connectivity index (χ0v) is 17.9. The number of ether oxygens (including phenoxy) is 1. The summed E-state index contributed by atoms with van der Waals surface area (Å²) in [6.45, 7) is 7.13. The predicted octanol–water partition coefficient (Wildman–Crippen LogP) is 1.27. The van der Waals surface area contributed by atoms with E-state index in [4.69, 9.17) is 4.74 Å². The van der Waals surface area contributed by atoms with Crippen molar-refractivity contribution in [3.05, 3.63) is 35.9 Å². The van der Waals surface area contributed by atoms with Crippen LogP contribution in [0, 0.1) is 0 Å². The van der Waals surface area contributed by atoms with Gasteiger partial charge in [-0.15, -0.1) is 0 Å². The lowest BCUT2D eigenvalue weighted by Gasteiger charge is -2.33. The molecule has 2 rings (SSSR count). The first-order chi connectivity index (χ1) is 13.5. The second-order valence-electron chi connectivity index (χ2n) is 7.18. The molecule has 1 heterocycles. The number of sulfone groups is 1. The third-order valence-electron chi connectivity index (χ3n) is 4.63. The summed E-state index contributed by atoms with van der Waals surface area (Å²) in [6.07, 6.45) is 3.39. The fourth-order valence-electron chi connectivity index (χ4n) is 3.12. The van der Waals surface area contributed by atoms with Crippen molar-refractivity contribution in [2.75, 3.05) is 51.4 Å². The van der Waals surface area contributed by atoms with Crippen LogP contribution in [0.1, 0.15) is 25.3 Å². The van der Waals surface area contributed by atoms with Crippen LogP contribution in [0.3, 0.4) is 0 Å². The molecule has 0 atom stereocenters. The highest BCUT2D eigenvalue weighted by atomic mass is 32.2. The second-order valence-corrected chi connectivity index (χ2v) is 9.44. The molecular formula is C20H34N4O3S. The van der Waals surface area contributed by atoms with Crippen LogP contribution < -0.4 is 10.6 Å². The molecule has 1 fully saturated rings. The van der Waals surface area contributed by atoms with E-state index in [1.54, 1.807) is 0 Å². The molecule has 1 aliphatic rings. The Morgan fingerprint density at radius 2 is 1.93 bits per heavy atom. The van der Waals surface area contributed by atoms with E-state index in [0.717, 1.165) is 45.0 Å². The molecule has 1 aliphatic heterocycles. The zero-order valence-electron chi connectivity index (χ0n) is 17.1. The smallest absolute Gasteiger partial charge is 0.191 e. The molecule has 28 heavy (non-hydrogen) atoms. The van der Waals surface area contributed by atoms with Crippen molar-refractivity contribution in [2.45, 2.75) is 32.4 Å². The first kappa shape index (κ1) is 22.6. The number of nitrogens with one attached hydrogen (secondary N) is 2. The van der Waals surface area contributed by atoms with Crippen LogP contribution in [0.4, 0.5) is 0 Å². The van der Waals surface area contributed by atoms with Crippen molar-refractivity contribution >= 4 is 15.8 Å². The van der Waals surface area contributed by atoms with Crippen molar-refractivity contribution in [1.82, 2.24) is 15.5 Å². The molecule has 7 nitrogen and oxygen atoms in total. The maximum absolute atomic E-state index is 11.1. The van der Waals surface area contributed by atoms with Gasteiger partial charge in [-0.1, -0.05) is 30.3 Å². The van der Waals surface area contributed by atoms with Crippen molar-refractivity contribution in [3.63, 3.8) is 0 Å². The van der Waals surface area contributed by atoms with Gasteiger partial charge in [0, 0.05) is 38.5 Å². The molecule has 0 aliphatic carbocycles. The Balaban J connectivity index is 1.69. The summed E-state index contributed by atoms with van der Waals surface area (Å²) in [4.78, 5) is 7.03. The molecule has 0 radical (unpaired) electrons. The normalized spacial score (nSPS) is 16.9. The fourth-order valence-corrected chi connectivity index (χ4v) is 3.55. The lowest BCUT2D eigenvalue weighted by Crippen LogP contribution is -2.48. The fraction of sp³-hybridized carbons (Fsp3) is 0.650. The molecule has 158 valence electrons. The summed E-state index contributed by atoms with van der Waals surface area (Å²) in [5, 5.41) is 6.79. The Bertz CT molecular complexity index is 687. The van der Waals surface area contributed by atoms with Crippen molar-refractivity contribution in [2.24, 2.45) is 4.99 Å². The van der Waals surface area contributed by atoms with Gasteiger partial charge in [-0.2, -0.15) is 0 Å². The quantitative estimate of drug-likeness (QED) is 0.343. The van der Waals surface area contributed by atoms with E-state index in [2.05, 4.69) is 50.9 Å². The topological polar surface area (TPSA) is 83.0 Å². The van der Waals surface area contributed by atoms with Gasteiger partial charge in [-0.25, -0.2) is 8.42 Å². The maximum Gasteiger partial charge on any atom is 0.191 e. The number of likely N-dealkylation sites (tertiary alicyclic amines) is 1. The van der Waals surface area contributed by atoms with E-state index < -0.39 is 9.84 Å². The van der Waals surface area contributed by atoms with E-state index in [1.807, 2.05) is 6.92 Å². The molecule has 0 amide bonds. The highest BCUT2D eigenvalue weighted by Crippen LogP contribution is 2.13. The molecule has 1 aromatic rings. The van der Waals surface area contributed by atoms with Crippen molar-refractivity contribution < 1.29 is 13.2 Å². The average molecular weight is 411 g/mol. The first-order valence-corrected chi connectivity index (χ1v) is 12.1. The predicted molar refractivity (Wildman–Crippen MR) is 114 cm³/mol. The molecule has 1 saturated heterocycles. The van der Waals surface area contributed by atoms with Crippen LogP contribution in [-0.4, -0.2) is 76.7 Å². The Labute approximate surface area is 169 Å². The highest BCUT2D eigenvalue weighted by molar-refractivity contribution is 7.90. The summed E-state index contributed by atoms with van der Waals surface area (Å²) in [5.74, 6) is 0.854. The Hall–Kier alpha value is -1.64. The minimum absolute atomic E-state index is 0.0522. The zero-order chi connectivity index (χ0) is 20.2. The van der Waals surface area contributed by atoms with Crippen LogP contribution >= 0.6 is 0 Å². The van der Waals surface area contributed by atoms with E-state index >= 15 is 0 Å². The van der Waals surface area contributed by atoms with Gasteiger partial charge in [0.1, 0.15) is 9.84 Å². The van der Waals surface area contributed by atoms with Gasteiger partial charge in [0.2, 0.25) is 0 Å². The van der Waals surface area contributed by atoms with Gasteiger partial charge in [0.05, 0.1) is 25.5 Å². The second kappa shape index (κ2) is 12.0. The number of hydrogen-bond acceptors (Lipinski definition) is 5. The van der Waals surface area contributed by atoms with Crippen LogP contribution in [-0.2, 0) is 21.1 Å². The molecule has 0 spiro atoms. The lowest BCUT2D eigenvalue weighted by molar-refractivity contribution is 0.157. The Morgan fingerprint density at radius 1 is 1.21 bits per heavy atom. The lowest BCUT2D eigenvalue weighted by atomic mass is 10.0. The molecule has 0 saturated carbocycles. The van der Waals surface area contributed by atoms with Gasteiger partial charge in [-0.3, -0.25) is 9.89 Å². The molecule has 0 aromatic heterocycles. The average Bonchev–Trinajstić information content (AvgIpc) is 2.66. The number of piperidine rings is 1. The first-order valence-electron chi connectivity index (χ1n) is 10.0. The highest BCUT2D eigenvalue weighted by Gasteiger charge is 2.19. The van der Waals surface area contributed by atoms with E-state index in [9.17, 15) is 8.42 Å². The van der Waals surface area contributed by atoms with Gasteiger partial charge in [0.15, 0.2) is 5.96 Å². The van der Waals surface area contributed by atoms with Gasteiger partial charge >= 0.3 is 0 Å². The molecular weight excluding hydrogens is 376 g/mol.